The van der Waals surface area contributed by atoms with Crippen LogP contribution in [0.5, 0.6) is 0 Å². The number of hydrogen-bond acceptors (Lipinski definition) is 3. The van der Waals surface area contributed by atoms with Crippen molar-refractivity contribution < 1.29 is 9.53 Å². The lowest BCUT2D eigenvalue weighted by atomic mass is 10.1. The van der Waals surface area contributed by atoms with E-state index in [4.69, 9.17) is 4.74 Å². The average Bonchev–Trinajstić information content (AvgIpc) is 2.42. The summed E-state index contributed by atoms with van der Waals surface area (Å²) in [6, 6.07) is 8.24. The zero-order chi connectivity index (χ0) is 13.7. The van der Waals surface area contributed by atoms with Crippen LogP contribution in [0.1, 0.15) is 12.5 Å². The normalized spacial score (nSPS) is 20.8. The van der Waals surface area contributed by atoms with E-state index in [9.17, 15) is 4.79 Å². The van der Waals surface area contributed by atoms with Crippen molar-refractivity contribution in [1.82, 2.24) is 10.6 Å². The standard InChI is InChI=1S/C14H19BrN2O2/c1-10(8-11-2-4-12(15)5-3-11)17-14(18)13-9-16-6-7-19-13/h2-5,10,13,16H,6-9H2,1H3,(H,17,18). The van der Waals surface area contributed by atoms with E-state index in [0.717, 1.165) is 17.4 Å². The number of carbonyl (C=O) groups excluding carboxylic acids is 1. The van der Waals surface area contributed by atoms with E-state index < -0.39 is 0 Å². The molecule has 1 saturated heterocycles. The first-order chi connectivity index (χ1) is 9.15. The molecule has 5 heteroatoms. The zero-order valence-corrected chi connectivity index (χ0v) is 12.6. The van der Waals surface area contributed by atoms with Crippen molar-refractivity contribution in [3.63, 3.8) is 0 Å². The number of amides is 1. The second kappa shape index (κ2) is 7.03. The summed E-state index contributed by atoms with van der Waals surface area (Å²) in [6.45, 7) is 4.02. The van der Waals surface area contributed by atoms with Crippen LogP contribution < -0.4 is 10.6 Å². The van der Waals surface area contributed by atoms with Crippen LogP contribution in [0.15, 0.2) is 28.7 Å². The third kappa shape index (κ3) is 4.60. The van der Waals surface area contributed by atoms with Gasteiger partial charge in [0.15, 0.2) is 0 Å². The van der Waals surface area contributed by atoms with Crippen LogP contribution in [-0.2, 0) is 16.0 Å². The zero-order valence-electron chi connectivity index (χ0n) is 11.0. The molecule has 1 aromatic rings. The highest BCUT2D eigenvalue weighted by Crippen LogP contribution is 2.12. The van der Waals surface area contributed by atoms with Gasteiger partial charge in [0, 0.05) is 23.6 Å². The highest BCUT2D eigenvalue weighted by Gasteiger charge is 2.22. The van der Waals surface area contributed by atoms with E-state index in [2.05, 4.69) is 38.7 Å². The van der Waals surface area contributed by atoms with Gasteiger partial charge in [-0.25, -0.2) is 0 Å². The minimum absolute atomic E-state index is 0.0307. The fourth-order valence-corrected chi connectivity index (χ4v) is 2.36. The van der Waals surface area contributed by atoms with Crippen LogP contribution in [0.25, 0.3) is 0 Å². The molecule has 0 aliphatic carbocycles. The van der Waals surface area contributed by atoms with Gasteiger partial charge in [-0.15, -0.1) is 0 Å². The molecule has 0 radical (unpaired) electrons. The van der Waals surface area contributed by atoms with Gasteiger partial charge in [0.1, 0.15) is 6.10 Å². The topological polar surface area (TPSA) is 50.4 Å². The Labute approximate surface area is 122 Å². The number of nitrogens with one attached hydrogen (secondary N) is 2. The van der Waals surface area contributed by atoms with Gasteiger partial charge in [-0.3, -0.25) is 4.79 Å². The Balaban J connectivity index is 1.81. The molecule has 4 nitrogen and oxygen atoms in total. The first-order valence-corrected chi connectivity index (χ1v) is 7.31. The average molecular weight is 327 g/mol. The van der Waals surface area contributed by atoms with Gasteiger partial charge in [0.2, 0.25) is 0 Å². The molecular weight excluding hydrogens is 308 g/mol. The molecule has 1 amide bonds. The summed E-state index contributed by atoms with van der Waals surface area (Å²) in [7, 11) is 0. The first kappa shape index (κ1) is 14.5. The van der Waals surface area contributed by atoms with Crippen molar-refractivity contribution in [2.24, 2.45) is 0 Å². The lowest BCUT2D eigenvalue weighted by Crippen LogP contribution is -2.50. The van der Waals surface area contributed by atoms with E-state index in [1.165, 1.54) is 5.56 Å². The van der Waals surface area contributed by atoms with Crippen molar-refractivity contribution in [2.75, 3.05) is 19.7 Å². The van der Waals surface area contributed by atoms with E-state index in [1.54, 1.807) is 0 Å². The lowest BCUT2D eigenvalue weighted by Gasteiger charge is -2.24. The number of halogens is 1. The quantitative estimate of drug-likeness (QED) is 0.881. The molecule has 0 spiro atoms. The number of benzene rings is 1. The van der Waals surface area contributed by atoms with Crippen LogP contribution >= 0.6 is 15.9 Å². The molecule has 2 rings (SSSR count). The van der Waals surface area contributed by atoms with Gasteiger partial charge < -0.3 is 15.4 Å². The van der Waals surface area contributed by atoms with Gasteiger partial charge in [0.25, 0.3) is 5.91 Å². The van der Waals surface area contributed by atoms with Crippen LogP contribution in [0, 0.1) is 0 Å². The van der Waals surface area contributed by atoms with Gasteiger partial charge in [-0.05, 0) is 31.0 Å². The molecular formula is C14H19BrN2O2. The molecule has 0 saturated carbocycles. The van der Waals surface area contributed by atoms with Crippen molar-refractivity contribution in [3.05, 3.63) is 34.3 Å². The van der Waals surface area contributed by atoms with Gasteiger partial charge in [-0.1, -0.05) is 28.1 Å². The lowest BCUT2D eigenvalue weighted by molar-refractivity contribution is -0.134. The van der Waals surface area contributed by atoms with Crippen LogP contribution in [0.2, 0.25) is 0 Å². The molecule has 2 N–H and O–H groups in total. The smallest absolute Gasteiger partial charge is 0.250 e. The number of morpholine rings is 1. The van der Waals surface area contributed by atoms with Gasteiger partial charge in [-0.2, -0.15) is 0 Å². The minimum Gasteiger partial charge on any atom is -0.366 e. The Morgan fingerprint density at radius 3 is 2.89 bits per heavy atom. The molecule has 2 atom stereocenters. The van der Waals surface area contributed by atoms with Crippen LogP contribution in [0.3, 0.4) is 0 Å². The number of hydrogen-bond donors (Lipinski definition) is 2. The summed E-state index contributed by atoms with van der Waals surface area (Å²) >= 11 is 3.41. The fourth-order valence-electron chi connectivity index (χ4n) is 2.09. The summed E-state index contributed by atoms with van der Waals surface area (Å²) in [5, 5.41) is 6.15. The third-order valence-corrected chi connectivity index (χ3v) is 3.59. The third-order valence-electron chi connectivity index (χ3n) is 3.06. The molecule has 1 aliphatic rings. The Morgan fingerprint density at radius 1 is 1.53 bits per heavy atom. The molecule has 1 aliphatic heterocycles. The molecule has 1 heterocycles. The monoisotopic (exact) mass is 326 g/mol. The number of carbonyl (C=O) groups is 1. The molecule has 1 aromatic carbocycles. The Morgan fingerprint density at radius 2 is 2.26 bits per heavy atom. The highest BCUT2D eigenvalue weighted by molar-refractivity contribution is 9.10. The first-order valence-electron chi connectivity index (χ1n) is 6.52. The molecule has 104 valence electrons. The van der Waals surface area contributed by atoms with E-state index >= 15 is 0 Å². The SMILES string of the molecule is CC(Cc1ccc(Br)cc1)NC(=O)C1CNCCO1. The van der Waals surface area contributed by atoms with Crippen molar-refractivity contribution >= 4 is 21.8 Å². The number of ether oxygens (including phenoxy) is 1. The summed E-state index contributed by atoms with van der Waals surface area (Å²) in [5.41, 5.74) is 1.21. The van der Waals surface area contributed by atoms with Crippen molar-refractivity contribution in [2.45, 2.75) is 25.5 Å². The maximum absolute atomic E-state index is 12.0. The van der Waals surface area contributed by atoms with Crippen molar-refractivity contribution in [1.29, 1.82) is 0 Å². The molecule has 1 fully saturated rings. The molecule has 0 bridgehead atoms. The van der Waals surface area contributed by atoms with Gasteiger partial charge >= 0.3 is 0 Å². The fraction of sp³-hybridized carbons (Fsp3) is 0.500. The second-order valence-corrected chi connectivity index (χ2v) is 5.72. The second-order valence-electron chi connectivity index (χ2n) is 4.80. The van der Waals surface area contributed by atoms with Crippen molar-refractivity contribution in [3.8, 4) is 0 Å². The largest absolute Gasteiger partial charge is 0.366 e. The summed E-state index contributed by atoms with van der Waals surface area (Å²) in [4.78, 5) is 12.0. The van der Waals surface area contributed by atoms with E-state index in [1.807, 2.05) is 19.1 Å². The Bertz CT molecular complexity index is 416. The van der Waals surface area contributed by atoms with Gasteiger partial charge in [0.05, 0.1) is 6.61 Å². The minimum atomic E-state index is -0.360. The maximum atomic E-state index is 12.0. The molecule has 19 heavy (non-hydrogen) atoms. The maximum Gasteiger partial charge on any atom is 0.250 e. The Hall–Kier alpha value is -0.910. The summed E-state index contributed by atoms with van der Waals surface area (Å²) in [6.07, 6.45) is 0.459. The summed E-state index contributed by atoms with van der Waals surface area (Å²) < 4.78 is 6.49. The number of rotatable bonds is 4. The van der Waals surface area contributed by atoms with E-state index in [-0.39, 0.29) is 18.1 Å². The molecule has 2 unspecified atom stereocenters. The molecule has 0 aromatic heterocycles. The van der Waals surface area contributed by atoms with Crippen LogP contribution in [-0.4, -0.2) is 37.7 Å². The highest BCUT2D eigenvalue weighted by atomic mass is 79.9. The predicted octanol–water partition coefficient (Wildman–Crippen LogP) is 1.48. The van der Waals surface area contributed by atoms with E-state index in [0.29, 0.717) is 13.2 Å². The summed E-state index contributed by atoms with van der Waals surface area (Å²) in [5.74, 6) is -0.0307. The Kier molecular flexibility index (Phi) is 5.36. The van der Waals surface area contributed by atoms with Crippen LogP contribution in [0.4, 0.5) is 0 Å². The predicted molar refractivity (Wildman–Crippen MR) is 78.1 cm³/mol.